The quantitative estimate of drug-likeness (QED) is 0.104. The number of hydrogen-bond acceptors (Lipinski definition) is 7. The number of sulfone groups is 1. The number of anilines is 1. The number of nitrogens with zero attached hydrogens (tertiary/aromatic N) is 3. The highest BCUT2D eigenvalue weighted by atomic mass is 32.2. The highest BCUT2D eigenvalue weighted by Crippen LogP contribution is 2.25. The van der Waals surface area contributed by atoms with Gasteiger partial charge in [-0.3, -0.25) is 0 Å². The van der Waals surface area contributed by atoms with Crippen molar-refractivity contribution in [1.29, 1.82) is 0 Å². The Bertz CT molecular complexity index is 1300. The lowest BCUT2D eigenvalue weighted by Gasteiger charge is -2.19. The average Bonchev–Trinajstić information content (AvgIpc) is 2.92. The maximum absolute atomic E-state index is 12.7. The van der Waals surface area contributed by atoms with E-state index in [-0.39, 0.29) is 15.8 Å². The molecule has 0 saturated carbocycles. The van der Waals surface area contributed by atoms with Crippen molar-refractivity contribution in [1.82, 2.24) is 0 Å². The Morgan fingerprint density at radius 2 is 1.35 bits per heavy atom. The summed E-state index contributed by atoms with van der Waals surface area (Å²) in [5.41, 5.74) is 2.80. The Balaban J connectivity index is 1.45. The molecule has 37 heavy (non-hydrogen) atoms. The Labute approximate surface area is 219 Å². The molecule has 0 unspecified atom stereocenters. The van der Waals surface area contributed by atoms with Gasteiger partial charge in [-0.15, -0.1) is 0 Å². The van der Waals surface area contributed by atoms with Gasteiger partial charge in [0.2, 0.25) is 9.84 Å². The van der Waals surface area contributed by atoms with Gasteiger partial charge in [0.25, 0.3) is 0 Å². The summed E-state index contributed by atoms with van der Waals surface area (Å²) in [6.07, 6.45) is 3.97. The topological polar surface area (TPSA) is 88.4 Å². The fourth-order valence-corrected chi connectivity index (χ4v) is 4.82. The lowest BCUT2D eigenvalue weighted by atomic mass is 10.2. The van der Waals surface area contributed by atoms with E-state index in [1.165, 1.54) is 0 Å². The third-order valence-electron chi connectivity index (χ3n) is 5.74. The molecule has 0 aliphatic carbocycles. The van der Waals surface area contributed by atoms with E-state index in [1.54, 1.807) is 61.5 Å². The molecule has 3 rings (SSSR count). The summed E-state index contributed by atoms with van der Waals surface area (Å²) >= 11 is 0. The van der Waals surface area contributed by atoms with Gasteiger partial charge in [-0.2, -0.15) is 10.2 Å². The highest BCUT2D eigenvalue weighted by Gasteiger charge is 2.16. The van der Waals surface area contributed by atoms with E-state index in [0.29, 0.717) is 23.6 Å². The molecule has 7 nitrogen and oxygen atoms in total. The Kier molecular flexibility index (Phi) is 10.1. The van der Waals surface area contributed by atoms with E-state index in [4.69, 9.17) is 4.74 Å². The predicted molar refractivity (Wildman–Crippen MR) is 146 cm³/mol. The molecule has 0 bridgehead atoms. The van der Waals surface area contributed by atoms with Gasteiger partial charge < -0.3 is 9.64 Å². The fraction of sp³-hybridized carbons (Fsp3) is 0.276. The summed E-state index contributed by atoms with van der Waals surface area (Å²) in [6, 6.07) is 22.5. The first kappa shape index (κ1) is 27.8. The largest absolute Gasteiger partial charge is 0.462 e. The van der Waals surface area contributed by atoms with Crippen LogP contribution in [0.25, 0.3) is 0 Å². The van der Waals surface area contributed by atoms with Gasteiger partial charge in [-0.25, -0.2) is 13.2 Å². The van der Waals surface area contributed by atoms with Crippen LogP contribution in [0.3, 0.4) is 0 Å². The number of carbonyl (C=O) groups is 1. The first-order valence-electron chi connectivity index (χ1n) is 12.2. The Morgan fingerprint density at radius 1 is 0.811 bits per heavy atom. The number of carbonyl (C=O) groups excluding carboxylic acids is 1. The van der Waals surface area contributed by atoms with Crippen LogP contribution in [0.4, 0.5) is 17.1 Å². The molecule has 3 aromatic carbocycles. The van der Waals surface area contributed by atoms with Crippen molar-refractivity contribution in [2.45, 2.75) is 42.4 Å². The zero-order valence-corrected chi connectivity index (χ0v) is 22.2. The van der Waals surface area contributed by atoms with Crippen molar-refractivity contribution in [3.8, 4) is 0 Å². The minimum Gasteiger partial charge on any atom is -0.462 e. The second kappa shape index (κ2) is 13.5. The SMILES string of the molecule is C=C(C)C(=O)OCCCCCCN(C)c1ccc(N=Nc2ccc(S(=O)(=O)c3ccccc3)cc2)cc1. The molecular formula is C29H33N3O4S. The normalized spacial score (nSPS) is 11.4. The van der Waals surface area contributed by atoms with Crippen molar-refractivity contribution in [3.63, 3.8) is 0 Å². The van der Waals surface area contributed by atoms with Crippen molar-refractivity contribution in [2.24, 2.45) is 10.2 Å². The maximum atomic E-state index is 12.7. The van der Waals surface area contributed by atoms with E-state index < -0.39 is 9.84 Å². The lowest BCUT2D eigenvalue weighted by Crippen LogP contribution is -2.18. The van der Waals surface area contributed by atoms with Gasteiger partial charge in [0, 0.05) is 24.9 Å². The first-order chi connectivity index (χ1) is 17.8. The first-order valence-corrected chi connectivity index (χ1v) is 13.7. The van der Waals surface area contributed by atoms with Crippen LogP contribution in [-0.4, -0.2) is 34.6 Å². The number of ether oxygens (including phenoxy) is 1. The molecule has 0 aliphatic heterocycles. The molecule has 0 amide bonds. The zero-order chi connectivity index (χ0) is 26.7. The Hall–Kier alpha value is -3.78. The van der Waals surface area contributed by atoms with Crippen LogP contribution in [0.1, 0.15) is 32.6 Å². The van der Waals surface area contributed by atoms with Crippen LogP contribution in [0, 0.1) is 0 Å². The van der Waals surface area contributed by atoms with Crippen LogP contribution >= 0.6 is 0 Å². The summed E-state index contributed by atoms with van der Waals surface area (Å²) in [4.78, 5) is 14.0. The van der Waals surface area contributed by atoms with Gasteiger partial charge in [-0.1, -0.05) is 31.2 Å². The van der Waals surface area contributed by atoms with Gasteiger partial charge in [0.05, 0.1) is 27.8 Å². The van der Waals surface area contributed by atoms with E-state index in [2.05, 4.69) is 28.8 Å². The summed E-state index contributed by atoms with van der Waals surface area (Å²) in [6.45, 7) is 6.58. The van der Waals surface area contributed by atoms with Crippen LogP contribution in [-0.2, 0) is 19.4 Å². The minimum absolute atomic E-state index is 0.219. The third kappa shape index (κ3) is 8.39. The summed E-state index contributed by atoms with van der Waals surface area (Å²) in [5, 5.41) is 8.50. The number of benzene rings is 3. The van der Waals surface area contributed by atoms with Gasteiger partial charge >= 0.3 is 5.97 Å². The van der Waals surface area contributed by atoms with Gasteiger partial charge in [-0.05, 0) is 86.8 Å². The molecule has 0 fully saturated rings. The molecule has 3 aromatic rings. The Morgan fingerprint density at radius 3 is 1.95 bits per heavy atom. The van der Waals surface area contributed by atoms with Crippen LogP contribution in [0.2, 0.25) is 0 Å². The van der Waals surface area contributed by atoms with E-state index >= 15 is 0 Å². The molecule has 194 valence electrons. The number of hydrogen-bond donors (Lipinski definition) is 0. The molecule has 0 radical (unpaired) electrons. The molecule has 0 heterocycles. The van der Waals surface area contributed by atoms with E-state index in [0.717, 1.165) is 37.9 Å². The third-order valence-corrected chi connectivity index (χ3v) is 7.53. The number of esters is 1. The summed E-state index contributed by atoms with van der Waals surface area (Å²) in [7, 11) is -1.50. The minimum atomic E-state index is -3.55. The molecule has 0 aliphatic rings. The number of rotatable bonds is 13. The summed E-state index contributed by atoms with van der Waals surface area (Å²) < 4.78 is 30.5. The number of unbranched alkanes of at least 4 members (excludes halogenated alkanes) is 3. The molecular weight excluding hydrogens is 486 g/mol. The van der Waals surface area contributed by atoms with Crippen LogP contribution in [0.5, 0.6) is 0 Å². The standard InChI is InChI=1S/C29H33N3O4S/c1-23(2)29(33)36-22-10-5-4-9-21-32(3)26-17-13-24(14-18-26)30-31-25-15-19-28(20-16-25)37(34,35)27-11-7-6-8-12-27/h6-8,11-20H,1,4-5,9-10,21-22H2,2-3H3. The molecule has 8 heteroatoms. The van der Waals surface area contributed by atoms with Crippen molar-refractivity contribution in [2.75, 3.05) is 25.1 Å². The highest BCUT2D eigenvalue weighted by molar-refractivity contribution is 7.91. The van der Waals surface area contributed by atoms with Crippen LogP contribution < -0.4 is 4.90 Å². The zero-order valence-electron chi connectivity index (χ0n) is 21.3. The van der Waals surface area contributed by atoms with Gasteiger partial charge in [0.15, 0.2) is 0 Å². The molecule has 0 saturated heterocycles. The molecule has 0 aromatic heterocycles. The monoisotopic (exact) mass is 519 g/mol. The lowest BCUT2D eigenvalue weighted by molar-refractivity contribution is -0.139. The molecule has 0 atom stereocenters. The number of azo groups is 1. The van der Waals surface area contributed by atoms with E-state index in [9.17, 15) is 13.2 Å². The van der Waals surface area contributed by atoms with Crippen LogP contribution in [0.15, 0.2) is 111 Å². The van der Waals surface area contributed by atoms with Gasteiger partial charge in [0.1, 0.15) is 0 Å². The second-order valence-corrected chi connectivity index (χ2v) is 10.7. The van der Waals surface area contributed by atoms with Crippen molar-refractivity contribution >= 4 is 32.9 Å². The maximum Gasteiger partial charge on any atom is 0.333 e. The molecule has 0 N–H and O–H groups in total. The summed E-state index contributed by atoms with van der Waals surface area (Å²) in [5.74, 6) is -0.324. The predicted octanol–water partition coefficient (Wildman–Crippen LogP) is 7.05. The second-order valence-electron chi connectivity index (χ2n) is 8.78. The van der Waals surface area contributed by atoms with Crippen molar-refractivity contribution < 1.29 is 17.9 Å². The smallest absolute Gasteiger partial charge is 0.333 e. The fourth-order valence-electron chi connectivity index (χ4n) is 3.54. The van der Waals surface area contributed by atoms with Crippen molar-refractivity contribution in [3.05, 3.63) is 91.0 Å². The molecule has 0 spiro atoms. The average molecular weight is 520 g/mol. The van der Waals surface area contributed by atoms with E-state index in [1.807, 2.05) is 24.3 Å².